The highest BCUT2D eigenvalue weighted by atomic mass is 32.1. The lowest BCUT2D eigenvalue weighted by Crippen LogP contribution is -2.44. The van der Waals surface area contributed by atoms with Crippen molar-refractivity contribution < 1.29 is 18.8 Å². The molecule has 194 valence electrons. The van der Waals surface area contributed by atoms with Crippen molar-refractivity contribution in [2.24, 2.45) is 5.73 Å². The van der Waals surface area contributed by atoms with Gasteiger partial charge >= 0.3 is 0 Å². The van der Waals surface area contributed by atoms with Gasteiger partial charge in [0.2, 0.25) is 5.91 Å². The van der Waals surface area contributed by atoms with Gasteiger partial charge in [-0.15, -0.1) is 0 Å². The Bertz CT molecular complexity index is 1490. The van der Waals surface area contributed by atoms with Gasteiger partial charge in [-0.2, -0.15) is 4.37 Å². The highest BCUT2D eigenvalue weighted by Gasteiger charge is 2.36. The van der Waals surface area contributed by atoms with Gasteiger partial charge in [-0.05, 0) is 71.9 Å². The second-order valence-corrected chi connectivity index (χ2v) is 9.51. The fraction of sp³-hybridized carbons (Fsp3) is 0.143. The van der Waals surface area contributed by atoms with Crippen LogP contribution in [-0.4, -0.2) is 22.1 Å². The largest absolute Gasteiger partial charge is 0.395 e. The Hall–Kier alpha value is -4.57. The molecule has 1 aromatic heterocycles. The Morgan fingerprint density at radius 3 is 2.29 bits per heavy atom. The van der Waals surface area contributed by atoms with E-state index in [0.717, 1.165) is 28.2 Å². The van der Waals surface area contributed by atoms with Crippen molar-refractivity contribution in [1.82, 2.24) is 9.69 Å². The molecule has 10 heteroatoms. The molecule has 1 atom stereocenters. The molecule has 4 rings (SSSR count). The number of primary amides is 1. The van der Waals surface area contributed by atoms with E-state index in [1.807, 2.05) is 50.2 Å². The van der Waals surface area contributed by atoms with Gasteiger partial charge in [0.25, 0.3) is 11.8 Å². The zero-order chi connectivity index (χ0) is 27.4. The number of amides is 3. The third-order valence-corrected chi connectivity index (χ3v) is 7.00. The number of benzene rings is 3. The summed E-state index contributed by atoms with van der Waals surface area (Å²) in [5.74, 6) is -2.50. The van der Waals surface area contributed by atoms with Crippen molar-refractivity contribution >= 4 is 40.6 Å². The number of hydrogen-bond acceptors (Lipinski definition) is 6. The van der Waals surface area contributed by atoms with Crippen LogP contribution in [0.1, 0.15) is 48.5 Å². The number of rotatable bonds is 8. The Balaban J connectivity index is 1.85. The summed E-state index contributed by atoms with van der Waals surface area (Å²) in [5.41, 5.74) is 14.6. The molecule has 0 radical (unpaired) electrons. The summed E-state index contributed by atoms with van der Waals surface area (Å²) in [6.07, 6.45) is 0. The number of nitrogens with zero attached hydrogens (tertiary/aromatic N) is 2. The summed E-state index contributed by atoms with van der Waals surface area (Å²) in [6, 6.07) is 18.8. The number of nitrogens with two attached hydrogens (primary N) is 2. The standard InChI is InChI=1S/C28H26FN5O3S/c1-16-8-13-21(14-17(16)2)34(28(37)25-22(30)23(26(31)35)33-38-25)24(19-9-11-20(29)12-10-19)27(36)32-15-18-6-4-3-5-7-18/h3-14,24H,15,30H2,1-2H3,(H2,31,35)(H,32,36)/t24-/m0/s1. The smallest absolute Gasteiger partial charge is 0.273 e. The van der Waals surface area contributed by atoms with E-state index in [1.54, 1.807) is 12.1 Å². The van der Waals surface area contributed by atoms with Crippen LogP contribution >= 0.6 is 11.5 Å². The van der Waals surface area contributed by atoms with Gasteiger partial charge in [-0.1, -0.05) is 48.5 Å². The van der Waals surface area contributed by atoms with E-state index in [2.05, 4.69) is 9.69 Å². The predicted octanol–water partition coefficient (Wildman–Crippen LogP) is 4.28. The van der Waals surface area contributed by atoms with E-state index < -0.39 is 29.6 Å². The van der Waals surface area contributed by atoms with Crippen LogP contribution in [0.4, 0.5) is 15.8 Å². The number of nitrogens with one attached hydrogen (secondary N) is 1. The maximum Gasteiger partial charge on any atom is 0.273 e. The predicted molar refractivity (Wildman–Crippen MR) is 145 cm³/mol. The van der Waals surface area contributed by atoms with Gasteiger partial charge in [0.15, 0.2) is 5.69 Å². The first kappa shape index (κ1) is 26.5. The minimum Gasteiger partial charge on any atom is -0.395 e. The van der Waals surface area contributed by atoms with Crippen LogP contribution in [0.15, 0.2) is 72.8 Å². The van der Waals surface area contributed by atoms with Crippen LogP contribution in [0.25, 0.3) is 0 Å². The lowest BCUT2D eigenvalue weighted by Gasteiger charge is -2.31. The van der Waals surface area contributed by atoms with Crippen LogP contribution < -0.4 is 21.7 Å². The number of nitrogen functional groups attached to an aromatic ring is 1. The lowest BCUT2D eigenvalue weighted by atomic mass is 10.0. The van der Waals surface area contributed by atoms with Crippen molar-refractivity contribution in [3.8, 4) is 0 Å². The van der Waals surface area contributed by atoms with Crippen LogP contribution in [0.5, 0.6) is 0 Å². The summed E-state index contributed by atoms with van der Waals surface area (Å²) in [7, 11) is 0. The molecule has 8 nitrogen and oxygen atoms in total. The molecule has 0 unspecified atom stereocenters. The van der Waals surface area contributed by atoms with Crippen molar-refractivity contribution in [1.29, 1.82) is 0 Å². The fourth-order valence-electron chi connectivity index (χ4n) is 3.94. The molecular weight excluding hydrogens is 505 g/mol. The van der Waals surface area contributed by atoms with Crippen LogP contribution in [0.3, 0.4) is 0 Å². The van der Waals surface area contributed by atoms with Crippen molar-refractivity contribution in [2.45, 2.75) is 26.4 Å². The molecule has 5 N–H and O–H groups in total. The van der Waals surface area contributed by atoms with E-state index in [0.29, 0.717) is 11.3 Å². The first-order chi connectivity index (χ1) is 18.2. The minimum atomic E-state index is -1.20. The molecule has 0 aliphatic heterocycles. The molecule has 0 saturated carbocycles. The number of anilines is 2. The molecule has 3 aromatic carbocycles. The highest BCUT2D eigenvalue weighted by Crippen LogP contribution is 2.34. The third kappa shape index (κ3) is 5.55. The van der Waals surface area contributed by atoms with Gasteiger partial charge < -0.3 is 16.8 Å². The molecule has 0 spiro atoms. The topological polar surface area (TPSA) is 131 Å². The quantitative estimate of drug-likeness (QED) is 0.312. The first-order valence-electron chi connectivity index (χ1n) is 11.7. The van der Waals surface area contributed by atoms with E-state index in [-0.39, 0.29) is 22.8 Å². The summed E-state index contributed by atoms with van der Waals surface area (Å²) in [5, 5.41) is 2.89. The number of halogens is 1. The molecule has 0 bridgehead atoms. The summed E-state index contributed by atoms with van der Waals surface area (Å²) in [6.45, 7) is 4.02. The summed E-state index contributed by atoms with van der Waals surface area (Å²) < 4.78 is 17.8. The molecule has 0 aliphatic carbocycles. The van der Waals surface area contributed by atoms with Gasteiger partial charge in [-0.25, -0.2) is 4.39 Å². The maximum absolute atomic E-state index is 14.1. The zero-order valence-corrected chi connectivity index (χ0v) is 21.6. The highest BCUT2D eigenvalue weighted by molar-refractivity contribution is 7.09. The van der Waals surface area contributed by atoms with Crippen molar-refractivity contribution in [3.05, 3.63) is 111 Å². The molecule has 38 heavy (non-hydrogen) atoms. The van der Waals surface area contributed by atoms with E-state index in [4.69, 9.17) is 11.5 Å². The molecule has 3 amide bonds. The average Bonchev–Trinajstić information content (AvgIpc) is 3.30. The second-order valence-electron chi connectivity index (χ2n) is 8.74. The van der Waals surface area contributed by atoms with Gasteiger partial charge in [-0.3, -0.25) is 19.3 Å². The Kier molecular flexibility index (Phi) is 7.82. The maximum atomic E-state index is 14.1. The number of aromatic nitrogens is 1. The first-order valence-corrected chi connectivity index (χ1v) is 12.5. The summed E-state index contributed by atoms with van der Waals surface area (Å²) in [4.78, 5) is 40.9. The van der Waals surface area contributed by atoms with E-state index >= 15 is 0 Å². The van der Waals surface area contributed by atoms with Crippen LogP contribution in [-0.2, 0) is 11.3 Å². The van der Waals surface area contributed by atoms with Gasteiger partial charge in [0, 0.05) is 12.2 Å². The Morgan fingerprint density at radius 1 is 1.00 bits per heavy atom. The SMILES string of the molecule is Cc1ccc(N(C(=O)c2snc(C(N)=O)c2N)[C@H](C(=O)NCc2ccccc2)c2ccc(F)cc2)cc1C. The number of carbonyl (C=O) groups is 3. The average molecular weight is 532 g/mol. The minimum absolute atomic E-state index is 0.0417. The molecule has 0 aliphatic rings. The molecular formula is C28H26FN5O3S. The monoisotopic (exact) mass is 531 g/mol. The molecule has 0 fully saturated rings. The van der Waals surface area contributed by atoms with E-state index in [1.165, 1.54) is 29.2 Å². The number of aryl methyl sites for hydroxylation is 2. The number of hydrogen-bond donors (Lipinski definition) is 3. The normalized spacial score (nSPS) is 11.6. The zero-order valence-electron chi connectivity index (χ0n) is 20.8. The van der Waals surface area contributed by atoms with Gasteiger partial charge in [0.1, 0.15) is 16.7 Å². The second kappa shape index (κ2) is 11.2. The molecule has 4 aromatic rings. The van der Waals surface area contributed by atoms with Gasteiger partial charge in [0.05, 0.1) is 5.69 Å². The van der Waals surface area contributed by atoms with E-state index in [9.17, 15) is 18.8 Å². The fourth-order valence-corrected chi connectivity index (χ4v) is 4.68. The molecule has 0 saturated heterocycles. The Labute approximate surface area is 223 Å². The number of carbonyl (C=O) groups excluding carboxylic acids is 3. The third-order valence-electron chi connectivity index (χ3n) is 6.14. The lowest BCUT2D eigenvalue weighted by molar-refractivity contribution is -0.122. The Morgan fingerprint density at radius 2 is 1.68 bits per heavy atom. The van der Waals surface area contributed by atoms with Crippen LogP contribution in [0.2, 0.25) is 0 Å². The van der Waals surface area contributed by atoms with Crippen molar-refractivity contribution in [3.63, 3.8) is 0 Å². The van der Waals surface area contributed by atoms with Crippen molar-refractivity contribution in [2.75, 3.05) is 10.6 Å². The van der Waals surface area contributed by atoms with Crippen LogP contribution in [0, 0.1) is 19.7 Å². The summed E-state index contributed by atoms with van der Waals surface area (Å²) >= 11 is 0.721. The molecule has 1 heterocycles.